The first-order valence-corrected chi connectivity index (χ1v) is 33.3. The van der Waals surface area contributed by atoms with Gasteiger partial charge in [-0.2, -0.15) is 0 Å². The third-order valence-corrected chi connectivity index (χ3v) is 15.8. The SMILES string of the molecule is C/C=C/CC/C=C/CC/C=C/C(O)C(COC1OC(CO)C(OC2OC(CO)C(OC3OC(CO)C(O)C(O)C3O)C(O)C2O)C(O)C1O)NC(=O)CCCCCCCCCCCCCCC/C=C\C/C=C\C/C=C\C/C=C\C/C=C\C/C=C\C/C=C\CC. The van der Waals surface area contributed by atoms with Crippen LogP contribution in [-0.2, 0) is 33.2 Å². The fourth-order valence-electron chi connectivity index (χ4n) is 10.4. The third kappa shape index (κ3) is 33.0. The lowest BCUT2D eigenvalue weighted by atomic mass is 9.96. The van der Waals surface area contributed by atoms with E-state index in [1.54, 1.807) is 12.2 Å². The Labute approximate surface area is 531 Å². The number of carbonyl (C=O) groups is 1. The minimum atomic E-state index is -1.99. The molecular formula is C70H115NO18. The van der Waals surface area contributed by atoms with E-state index in [0.29, 0.717) is 12.8 Å². The lowest BCUT2D eigenvalue weighted by molar-refractivity contribution is -0.379. The third-order valence-electron chi connectivity index (χ3n) is 15.8. The monoisotopic (exact) mass is 1260 g/mol. The van der Waals surface area contributed by atoms with E-state index in [4.69, 9.17) is 28.4 Å². The molecule has 3 aliphatic rings. The molecule has 3 heterocycles. The number of ether oxygens (including phenoxy) is 6. The zero-order chi connectivity index (χ0) is 64.7. The van der Waals surface area contributed by atoms with Gasteiger partial charge >= 0.3 is 0 Å². The van der Waals surface area contributed by atoms with Gasteiger partial charge in [0.1, 0.15) is 73.2 Å². The Kier molecular flexibility index (Phi) is 45.3. The van der Waals surface area contributed by atoms with Crippen molar-refractivity contribution in [3.05, 3.63) is 122 Å². The molecule has 508 valence electrons. The molecule has 1 amide bonds. The Morgan fingerprint density at radius 3 is 1.26 bits per heavy atom. The van der Waals surface area contributed by atoms with Gasteiger partial charge in [-0.25, -0.2) is 0 Å². The van der Waals surface area contributed by atoms with Gasteiger partial charge in [0, 0.05) is 6.42 Å². The molecule has 0 aliphatic carbocycles. The van der Waals surface area contributed by atoms with E-state index >= 15 is 0 Å². The molecule has 0 aromatic carbocycles. The quantitative estimate of drug-likeness (QED) is 0.0203. The van der Waals surface area contributed by atoms with Crippen molar-refractivity contribution in [3.63, 3.8) is 0 Å². The highest BCUT2D eigenvalue weighted by molar-refractivity contribution is 5.76. The number of unbranched alkanes of at least 4 members (excludes halogenated alkanes) is 15. The van der Waals surface area contributed by atoms with Gasteiger partial charge in [0.05, 0.1) is 38.6 Å². The number of aliphatic hydroxyl groups excluding tert-OH is 11. The molecule has 19 nitrogen and oxygen atoms in total. The van der Waals surface area contributed by atoms with Crippen LogP contribution in [0.5, 0.6) is 0 Å². The minimum Gasteiger partial charge on any atom is -0.394 e. The fraction of sp³-hybridized carbons (Fsp3) is 0.700. The van der Waals surface area contributed by atoms with Gasteiger partial charge in [-0.15, -0.1) is 0 Å². The largest absolute Gasteiger partial charge is 0.394 e. The lowest BCUT2D eigenvalue weighted by Crippen LogP contribution is -2.66. The van der Waals surface area contributed by atoms with Crippen LogP contribution in [0.2, 0.25) is 0 Å². The number of amides is 1. The van der Waals surface area contributed by atoms with Crippen molar-refractivity contribution in [1.82, 2.24) is 5.32 Å². The van der Waals surface area contributed by atoms with Crippen LogP contribution >= 0.6 is 0 Å². The van der Waals surface area contributed by atoms with Gasteiger partial charge in [-0.1, -0.05) is 199 Å². The first-order valence-electron chi connectivity index (χ1n) is 33.3. The maximum atomic E-state index is 13.3. The second-order valence-electron chi connectivity index (χ2n) is 23.2. The molecule has 3 rings (SSSR count). The molecule has 0 aromatic heterocycles. The summed E-state index contributed by atoms with van der Waals surface area (Å²) in [5, 5.41) is 120. The van der Waals surface area contributed by atoms with Gasteiger partial charge in [0.15, 0.2) is 18.9 Å². The van der Waals surface area contributed by atoms with Crippen LogP contribution < -0.4 is 5.32 Å². The minimum absolute atomic E-state index is 0.222. The Balaban J connectivity index is 1.33. The standard InChI is InChI=1S/C70H115NO18/c1-3-5-7-9-11-13-14-15-16-17-18-19-20-21-22-23-24-25-26-27-28-29-30-31-32-33-34-35-36-37-38-40-42-44-46-48-58(76)71-53(54(75)47-45-43-41-39-12-10-8-6-4-2)52-84-68-64(82)61(79)66(56(50-73)86-68)89-70-65(83)62(80)67(57(51-74)87-70)88-69-63(81)60(78)59(77)55(49-72)85-69/h4-7,11-13,15-16,18-19,21-22,24-25,27-28,39,45,47,53-57,59-70,72-75,77-83H,3,8-10,14,17,20,23,26,29-38,40-44,46,48-52H2,1-2H3,(H,71,76)/b6-4+,7-5-,13-11-,16-15-,19-18-,22-21-,25-24-,28-27-,39-12+,47-45+. The van der Waals surface area contributed by atoms with Gasteiger partial charge in [0.25, 0.3) is 0 Å². The molecule has 17 unspecified atom stereocenters. The Morgan fingerprint density at radius 1 is 0.427 bits per heavy atom. The van der Waals surface area contributed by atoms with Crippen LogP contribution in [-0.4, -0.2) is 193 Å². The van der Waals surface area contributed by atoms with E-state index in [0.717, 1.165) is 96.3 Å². The van der Waals surface area contributed by atoms with E-state index in [2.05, 4.69) is 116 Å². The highest BCUT2D eigenvalue weighted by atomic mass is 16.8. The number of carbonyl (C=O) groups excluding carboxylic acids is 1. The van der Waals surface area contributed by atoms with Crippen LogP contribution in [0.4, 0.5) is 0 Å². The molecule has 0 radical (unpaired) electrons. The number of allylic oxidation sites excluding steroid dienone is 19. The van der Waals surface area contributed by atoms with Crippen molar-refractivity contribution in [2.45, 2.75) is 285 Å². The Morgan fingerprint density at radius 2 is 0.798 bits per heavy atom. The summed E-state index contributed by atoms with van der Waals surface area (Å²) < 4.78 is 34.2. The summed E-state index contributed by atoms with van der Waals surface area (Å²) in [6.45, 7) is 1.31. The highest BCUT2D eigenvalue weighted by Gasteiger charge is 2.53. The average molecular weight is 1260 g/mol. The van der Waals surface area contributed by atoms with Gasteiger partial charge in [0.2, 0.25) is 5.91 Å². The molecule has 0 saturated carbocycles. The highest BCUT2D eigenvalue weighted by Crippen LogP contribution is 2.33. The molecule has 17 atom stereocenters. The van der Waals surface area contributed by atoms with Crippen LogP contribution in [0.25, 0.3) is 0 Å². The smallest absolute Gasteiger partial charge is 0.220 e. The Bertz CT molecular complexity index is 2090. The van der Waals surface area contributed by atoms with Crippen molar-refractivity contribution in [2.24, 2.45) is 0 Å². The lowest BCUT2D eigenvalue weighted by Gasteiger charge is -2.48. The number of aliphatic hydroxyl groups is 11. The Hall–Kier alpha value is -3.81. The van der Waals surface area contributed by atoms with Gasteiger partial charge in [-0.05, 0) is 96.8 Å². The molecule has 0 spiro atoms. The zero-order valence-corrected chi connectivity index (χ0v) is 53.4. The molecular weight excluding hydrogens is 1140 g/mol. The van der Waals surface area contributed by atoms with Crippen LogP contribution in [0, 0.1) is 0 Å². The zero-order valence-electron chi connectivity index (χ0n) is 53.4. The summed E-state index contributed by atoms with van der Waals surface area (Å²) >= 11 is 0. The number of nitrogens with one attached hydrogen (secondary N) is 1. The number of hydrogen-bond acceptors (Lipinski definition) is 18. The first kappa shape index (κ1) is 79.4. The van der Waals surface area contributed by atoms with E-state index in [9.17, 15) is 61.0 Å². The molecule has 89 heavy (non-hydrogen) atoms. The van der Waals surface area contributed by atoms with E-state index in [-0.39, 0.29) is 18.9 Å². The molecule has 19 heteroatoms. The summed E-state index contributed by atoms with van der Waals surface area (Å²) in [6, 6.07) is -1.00. The maximum absolute atomic E-state index is 13.3. The molecule has 3 aliphatic heterocycles. The van der Waals surface area contributed by atoms with Crippen molar-refractivity contribution in [3.8, 4) is 0 Å². The summed E-state index contributed by atoms with van der Waals surface area (Å²) in [5.74, 6) is -0.300. The summed E-state index contributed by atoms with van der Waals surface area (Å²) in [7, 11) is 0. The summed E-state index contributed by atoms with van der Waals surface area (Å²) in [6.07, 6.45) is 42.4. The van der Waals surface area contributed by atoms with Gasteiger partial charge in [-0.3, -0.25) is 4.79 Å². The predicted molar refractivity (Wildman–Crippen MR) is 346 cm³/mol. The normalized spacial score (nSPS) is 29.0. The van der Waals surface area contributed by atoms with Crippen LogP contribution in [0.1, 0.15) is 181 Å². The van der Waals surface area contributed by atoms with Crippen molar-refractivity contribution >= 4 is 5.91 Å². The van der Waals surface area contributed by atoms with Crippen molar-refractivity contribution in [1.29, 1.82) is 0 Å². The second kappa shape index (κ2) is 50.7. The van der Waals surface area contributed by atoms with Crippen LogP contribution in [0.3, 0.4) is 0 Å². The fourth-order valence-corrected chi connectivity index (χ4v) is 10.4. The molecule has 0 aromatic rings. The molecule has 3 fully saturated rings. The second-order valence-corrected chi connectivity index (χ2v) is 23.2. The van der Waals surface area contributed by atoms with E-state index < -0.39 is 124 Å². The van der Waals surface area contributed by atoms with E-state index in [1.165, 1.54) is 51.4 Å². The van der Waals surface area contributed by atoms with Crippen molar-refractivity contribution < 1.29 is 89.4 Å². The number of rotatable bonds is 48. The van der Waals surface area contributed by atoms with E-state index in [1.807, 2.05) is 13.0 Å². The summed E-state index contributed by atoms with van der Waals surface area (Å²) in [4.78, 5) is 13.3. The molecule has 12 N–H and O–H groups in total. The molecule has 3 saturated heterocycles. The molecule has 0 bridgehead atoms. The maximum Gasteiger partial charge on any atom is 0.220 e. The summed E-state index contributed by atoms with van der Waals surface area (Å²) in [5.41, 5.74) is 0. The predicted octanol–water partition coefficient (Wildman–Crippen LogP) is 8.04. The van der Waals surface area contributed by atoms with Crippen LogP contribution in [0.15, 0.2) is 122 Å². The van der Waals surface area contributed by atoms with Crippen molar-refractivity contribution in [2.75, 3.05) is 26.4 Å². The average Bonchev–Trinajstić information content (AvgIpc) is 1.06. The topological polar surface area (TPSA) is 307 Å². The first-order chi connectivity index (χ1) is 43.3. The number of hydrogen-bond donors (Lipinski definition) is 12. The van der Waals surface area contributed by atoms with Gasteiger partial charge < -0.3 is 89.9 Å².